The number of nitrogens with zero attached hydrogens (tertiary/aromatic N) is 4. The number of nitrogens with one attached hydrogen (secondary N) is 1. The Morgan fingerprint density at radius 1 is 1.37 bits per heavy atom. The van der Waals surface area contributed by atoms with Gasteiger partial charge in [0.1, 0.15) is 5.56 Å². The second-order valence-electron chi connectivity index (χ2n) is 4.79. The van der Waals surface area contributed by atoms with Gasteiger partial charge in [-0.25, -0.2) is 9.50 Å². The summed E-state index contributed by atoms with van der Waals surface area (Å²) in [4.78, 5) is 18.8. The van der Waals surface area contributed by atoms with E-state index < -0.39 is 0 Å². The van der Waals surface area contributed by atoms with Gasteiger partial charge in [0.05, 0.1) is 6.20 Å². The minimum Gasteiger partial charge on any atom is -0.337 e. The molecule has 6 nitrogen and oxygen atoms in total. The van der Waals surface area contributed by atoms with Crippen molar-refractivity contribution in [2.45, 2.75) is 13.3 Å². The highest BCUT2D eigenvalue weighted by molar-refractivity contribution is 5.99. The second-order valence-corrected chi connectivity index (χ2v) is 4.79. The summed E-state index contributed by atoms with van der Waals surface area (Å²) in [5.74, 6) is 0.0248. The highest BCUT2D eigenvalue weighted by Crippen LogP contribution is 2.12. The van der Waals surface area contributed by atoms with Gasteiger partial charge in [0.15, 0.2) is 5.65 Å². The lowest BCUT2D eigenvalue weighted by Gasteiger charge is -2.19. The zero-order chi connectivity index (χ0) is 13.2. The fourth-order valence-electron chi connectivity index (χ4n) is 2.33. The standard InChI is InChI=1S/C13H17N5O/c1-10-3-7-18-12(16-10)11(9-15-18)13(19)17-6-2-4-14-5-8-17/h3,7,9,14H,2,4-6,8H2,1H3. The van der Waals surface area contributed by atoms with Crippen molar-refractivity contribution < 1.29 is 4.79 Å². The lowest BCUT2D eigenvalue weighted by molar-refractivity contribution is 0.0768. The maximum absolute atomic E-state index is 12.5. The van der Waals surface area contributed by atoms with E-state index in [1.54, 1.807) is 10.7 Å². The highest BCUT2D eigenvalue weighted by atomic mass is 16.2. The van der Waals surface area contributed by atoms with Crippen LogP contribution in [0.25, 0.3) is 5.65 Å². The van der Waals surface area contributed by atoms with Gasteiger partial charge in [-0.05, 0) is 26.0 Å². The molecule has 1 aliphatic rings. The number of carbonyl (C=O) groups excluding carboxylic acids is 1. The Hall–Kier alpha value is -1.95. The lowest BCUT2D eigenvalue weighted by atomic mass is 10.2. The molecule has 1 amide bonds. The van der Waals surface area contributed by atoms with Gasteiger partial charge in [0.2, 0.25) is 0 Å². The summed E-state index contributed by atoms with van der Waals surface area (Å²) >= 11 is 0. The molecule has 0 bridgehead atoms. The van der Waals surface area contributed by atoms with Crippen molar-refractivity contribution in [1.82, 2.24) is 24.8 Å². The van der Waals surface area contributed by atoms with Crippen molar-refractivity contribution in [3.05, 3.63) is 29.7 Å². The molecule has 1 aliphatic heterocycles. The van der Waals surface area contributed by atoms with Gasteiger partial charge in [0, 0.05) is 31.5 Å². The maximum atomic E-state index is 12.5. The highest BCUT2D eigenvalue weighted by Gasteiger charge is 2.21. The van der Waals surface area contributed by atoms with E-state index in [9.17, 15) is 4.79 Å². The summed E-state index contributed by atoms with van der Waals surface area (Å²) in [5.41, 5.74) is 2.12. The quantitative estimate of drug-likeness (QED) is 0.809. The van der Waals surface area contributed by atoms with Gasteiger partial charge in [-0.3, -0.25) is 4.79 Å². The van der Waals surface area contributed by atoms with Crippen molar-refractivity contribution in [2.24, 2.45) is 0 Å². The van der Waals surface area contributed by atoms with Crippen LogP contribution in [0.4, 0.5) is 0 Å². The Morgan fingerprint density at radius 3 is 3.16 bits per heavy atom. The Labute approximate surface area is 111 Å². The van der Waals surface area contributed by atoms with Crippen LogP contribution in [0, 0.1) is 6.92 Å². The number of aromatic nitrogens is 3. The number of hydrogen-bond donors (Lipinski definition) is 1. The molecule has 0 saturated carbocycles. The van der Waals surface area contributed by atoms with Gasteiger partial charge in [0.25, 0.3) is 5.91 Å². The second kappa shape index (κ2) is 4.97. The van der Waals surface area contributed by atoms with Crippen LogP contribution in [0.15, 0.2) is 18.5 Å². The molecule has 6 heteroatoms. The maximum Gasteiger partial charge on any atom is 0.259 e. The van der Waals surface area contributed by atoms with Crippen LogP contribution in [0.1, 0.15) is 22.5 Å². The first-order valence-corrected chi connectivity index (χ1v) is 6.57. The summed E-state index contributed by atoms with van der Waals surface area (Å²) in [6, 6.07) is 1.88. The molecule has 0 spiro atoms. The fraction of sp³-hybridized carbons (Fsp3) is 0.462. The molecular weight excluding hydrogens is 242 g/mol. The molecule has 19 heavy (non-hydrogen) atoms. The van der Waals surface area contributed by atoms with E-state index in [-0.39, 0.29) is 5.91 Å². The zero-order valence-electron chi connectivity index (χ0n) is 11.0. The number of aryl methyl sites for hydroxylation is 1. The molecule has 2 aromatic rings. The van der Waals surface area contributed by atoms with E-state index in [2.05, 4.69) is 15.4 Å². The molecule has 100 valence electrons. The van der Waals surface area contributed by atoms with E-state index in [1.807, 2.05) is 24.1 Å². The van der Waals surface area contributed by atoms with Crippen LogP contribution in [0.2, 0.25) is 0 Å². The summed E-state index contributed by atoms with van der Waals surface area (Å²) in [7, 11) is 0. The van der Waals surface area contributed by atoms with Crippen LogP contribution >= 0.6 is 0 Å². The average molecular weight is 259 g/mol. The van der Waals surface area contributed by atoms with Crippen molar-refractivity contribution >= 4 is 11.6 Å². The third kappa shape index (κ3) is 2.31. The predicted octanol–water partition coefficient (Wildman–Crippen LogP) is 0.473. The fourth-order valence-corrected chi connectivity index (χ4v) is 2.33. The normalized spacial score (nSPS) is 16.6. The first kappa shape index (κ1) is 12.1. The molecule has 0 aromatic carbocycles. The monoisotopic (exact) mass is 259 g/mol. The van der Waals surface area contributed by atoms with Crippen LogP contribution in [-0.2, 0) is 0 Å². The van der Waals surface area contributed by atoms with E-state index in [1.165, 1.54) is 0 Å². The average Bonchev–Trinajstić information content (AvgIpc) is 2.64. The van der Waals surface area contributed by atoms with E-state index in [0.717, 1.165) is 38.3 Å². The molecule has 1 saturated heterocycles. The summed E-state index contributed by atoms with van der Waals surface area (Å²) in [5, 5.41) is 7.48. The minimum atomic E-state index is 0.0248. The number of rotatable bonds is 1. The van der Waals surface area contributed by atoms with E-state index >= 15 is 0 Å². The van der Waals surface area contributed by atoms with Crippen LogP contribution in [0.5, 0.6) is 0 Å². The van der Waals surface area contributed by atoms with Crippen molar-refractivity contribution in [3.8, 4) is 0 Å². The smallest absolute Gasteiger partial charge is 0.259 e. The summed E-state index contributed by atoms with van der Waals surface area (Å²) in [6.07, 6.45) is 4.43. The Kier molecular flexibility index (Phi) is 3.16. The van der Waals surface area contributed by atoms with Gasteiger partial charge < -0.3 is 10.2 Å². The van der Waals surface area contributed by atoms with Gasteiger partial charge in [-0.2, -0.15) is 5.10 Å². The Morgan fingerprint density at radius 2 is 2.26 bits per heavy atom. The largest absolute Gasteiger partial charge is 0.337 e. The third-order valence-corrected chi connectivity index (χ3v) is 3.37. The molecule has 0 unspecified atom stereocenters. The molecule has 0 atom stereocenters. The van der Waals surface area contributed by atoms with E-state index in [4.69, 9.17) is 0 Å². The molecule has 3 rings (SSSR count). The molecule has 1 N–H and O–H groups in total. The Bertz CT molecular complexity index is 598. The van der Waals surface area contributed by atoms with Crippen LogP contribution in [-0.4, -0.2) is 51.6 Å². The molecule has 0 aliphatic carbocycles. The summed E-state index contributed by atoms with van der Waals surface area (Å²) < 4.78 is 1.65. The SMILES string of the molecule is Cc1ccn2ncc(C(=O)N3CCCNCC3)c2n1. The molecule has 1 fully saturated rings. The first-order chi connectivity index (χ1) is 9.25. The zero-order valence-corrected chi connectivity index (χ0v) is 11.0. The van der Waals surface area contributed by atoms with Gasteiger partial charge >= 0.3 is 0 Å². The molecular formula is C13H17N5O. The van der Waals surface area contributed by atoms with E-state index in [0.29, 0.717) is 11.2 Å². The lowest BCUT2D eigenvalue weighted by Crippen LogP contribution is -2.34. The van der Waals surface area contributed by atoms with Crippen LogP contribution < -0.4 is 5.32 Å². The predicted molar refractivity (Wildman–Crippen MR) is 71.1 cm³/mol. The summed E-state index contributed by atoms with van der Waals surface area (Å²) in [6.45, 7) is 5.25. The molecule has 2 aromatic heterocycles. The number of amides is 1. The van der Waals surface area contributed by atoms with Gasteiger partial charge in [-0.1, -0.05) is 0 Å². The number of fused-ring (bicyclic) bond motifs is 1. The number of carbonyl (C=O) groups is 1. The van der Waals surface area contributed by atoms with Crippen molar-refractivity contribution in [1.29, 1.82) is 0 Å². The molecule has 3 heterocycles. The first-order valence-electron chi connectivity index (χ1n) is 6.57. The Balaban J connectivity index is 1.94. The molecule has 0 radical (unpaired) electrons. The topological polar surface area (TPSA) is 62.5 Å². The number of hydrogen-bond acceptors (Lipinski definition) is 4. The third-order valence-electron chi connectivity index (χ3n) is 3.37. The van der Waals surface area contributed by atoms with Gasteiger partial charge in [-0.15, -0.1) is 0 Å². The minimum absolute atomic E-state index is 0.0248. The van der Waals surface area contributed by atoms with Crippen molar-refractivity contribution in [2.75, 3.05) is 26.2 Å². The van der Waals surface area contributed by atoms with Crippen molar-refractivity contribution in [3.63, 3.8) is 0 Å². The van der Waals surface area contributed by atoms with Crippen LogP contribution in [0.3, 0.4) is 0 Å².